The molecule has 1 aliphatic heterocycles. The molecule has 0 saturated heterocycles. The maximum absolute atomic E-state index is 13.1. The van der Waals surface area contributed by atoms with Gasteiger partial charge in [0.15, 0.2) is 0 Å². The van der Waals surface area contributed by atoms with Crippen LogP contribution in [0.3, 0.4) is 0 Å². The lowest BCUT2D eigenvalue weighted by Crippen LogP contribution is -2.43. The number of esters is 1. The second kappa shape index (κ2) is 7.24. The zero-order chi connectivity index (χ0) is 20.8. The van der Waals surface area contributed by atoms with Crippen molar-refractivity contribution in [2.75, 3.05) is 6.61 Å². The molecule has 28 heavy (non-hydrogen) atoms. The van der Waals surface area contributed by atoms with E-state index in [1.165, 1.54) is 17.4 Å². The smallest absolute Gasteiger partial charge is 0.336 e. The summed E-state index contributed by atoms with van der Waals surface area (Å²) in [5.41, 5.74) is 1.42. The van der Waals surface area contributed by atoms with E-state index in [2.05, 4.69) is 4.99 Å². The number of rotatable bonds is 4. The summed E-state index contributed by atoms with van der Waals surface area (Å²) >= 11 is 1.26. The number of Topliss-reactive ketones (excluding diaryl/α,β-unsaturated/α-hetero) is 1. The number of carbonyl (C=O) groups is 2. The number of fused-ring (bicyclic) bond motifs is 1. The van der Waals surface area contributed by atoms with E-state index in [0.717, 1.165) is 5.71 Å². The second-order valence-corrected chi connectivity index (χ2v) is 9.40. The molecule has 2 aliphatic rings. The summed E-state index contributed by atoms with van der Waals surface area (Å²) in [4.78, 5) is 42.6. The first-order valence-electron chi connectivity index (χ1n) is 9.28. The average molecular weight is 404 g/mol. The number of nitrogens with zero attached hydrogens (tertiary/aromatic N) is 2. The van der Waals surface area contributed by atoms with Crippen LogP contribution in [0, 0.1) is 28.4 Å². The molecule has 1 saturated carbocycles. The van der Waals surface area contributed by atoms with Crippen molar-refractivity contribution in [1.29, 1.82) is 0 Å². The Balaban J connectivity index is 2.19. The lowest BCUT2D eigenvalue weighted by atomic mass is 9.64. The van der Waals surface area contributed by atoms with Gasteiger partial charge in [0, 0.05) is 34.7 Å². The number of allylic oxidation sites excluding steroid dienone is 1. The summed E-state index contributed by atoms with van der Waals surface area (Å²) in [6.07, 6.45) is 1.04. The summed E-state index contributed by atoms with van der Waals surface area (Å²) in [6.45, 7) is 9.39. The van der Waals surface area contributed by atoms with Gasteiger partial charge >= 0.3 is 5.97 Å². The molecule has 2 heterocycles. The highest BCUT2D eigenvalue weighted by atomic mass is 32.1. The first-order chi connectivity index (χ1) is 13.1. The van der Waals surface area contributed by atoms with Crippen molar-refractivity contribution in [3.8, 4) is 0 Å². The van der Waals surface area contributed by atoms with Crippen LogP contribution in [0.15, 0.2) is 22.3 Å². The van der Waals surface area contributed by atoms with Crippen molar-refractivity contribution in [1.82, 2.24) is 0 Å². The molecule has 1 aromatic rings. The van der Waals surface area contributed by atoms with E-state index in [9.17, 15) is 19.7 Å². The highest BCUT2D eigenvalue weighted by Gasteiger charge is 2.48. The van der Waals surface area contributed by atoms with Crippen molar-refractivity contribution in [2.45, 2.75) is 53.4 Å². The van der Waals surface area contributed by atoms with Crippen LogP contribution in [0.1, 0.15) is 56.2 Å². The first-order valence-corrected chi connectivity index (χ1v) is 10.1. The van der Waals surface area contributed by atoms with Gasteiger partial charge in [-0.15, -0.1) is 11.3 Å². The summed E-state index contributed by atoms with van der Waals surface area (Å²) in [7, 11) is 0. The van der Waals surface area contributed by atoms with Gasteiger partial charge in [-0.1, -0.05) is 13.8 Å². The minimum atomic E-state index is -0.590. The average Bonchev–Trinajstić information content (AvgIpc) is 2.94. The molecule has 0 bridgehead atoms. The topological polar surface area (TPSA) is 98.9 Å². The minimum Gasteiger partial charge on any atom is -0.463 e. The number of hydrogen-bond acceptors (Lipinski definition) is 7. The molecule has 150 valence electrons. The molecule has 1 aromatic heterocycles. The number of carbonyl (C=O) groups excluding carboxylic acids is 2. The maximum Gasteiger partial charge on any atom is 0.336 e. The third-order valence-electron chi connectivity index (χ3n) is 5.27. The Morgan fingerprint density at radius 1 is 1.36 bits per heavy atom. The predicted molar refractivity (Wildman–Crippen MR) is 107 cm³/mol. The van der Waals surface area contributed by atoms with Gasteiger partial charge in [0.05, 0.1) is 27.9 Å². The van der Waals surface area contributed by atoms with E-state index in [4.69, 9.17) is 4.74 Å². The molecule has 0 spiro atoms. The van der Waals surface area contributed by atoms with Gasteiger partial charge in [-0.25, -0.2) is 4.79 Å². The van der Waals surface area contributed by atoms with Crippen LogP contribution < -0.4 is 0 Å². The van der Waals surface area contributed by atoms with Gasteiger partial charge in [0.1, 0.15) is 5.78 Å². The van der Waals surface area contributed by atoms with Gasteiger partial charge < -0.3 is 4.74 Å². The molecule has 1 fully saturated rings. The van der Waals surface area contributed by atoms with E-state index in [0.29, 0.717) is 33.9 Å². The van der Waals surface area contributed by atoms with Crippen LogP contribution in [0.2, 0.25) is 0 Å². The lowest BCUT2D eigenvalue weighted by molar-refractivity contribution is -0.385. The lowest BCUT2D eigenvalue weighted by Gasteiger charge is -2.40. The standard InChI is InChI=1S/C20H24N2O5S/c1-6-27-19(24)16-10(2)21-12-8-20(4,5)9-14(23)17(12)18(16)15-7-13(22(25)26)11(3)28-15/h7,17-18H,6,8-9H2,1-5H3/t17-,18+/m0/s1. The Bertz CT molecular complexity index is 925. The molecule has 2 atom stereocenters. The van der Waals surface area contributed by atoms with Gasteiger partial charge in [-0.05, 0) is 32.6 Å². The molecule has 3 rings (SSSR count). The fraction of sp³-hybridized carbons (Fsp3) is 0.550. The third-order valence-corrected chi connectivity index (χ3v) is 6.40. The van der Waals surface area contributed by atoms with Gasteiger partial charge in [0.2, 0.25) is 0 Å². The fourth-order valence-corrected chi connectivity index (χ4v) is 5.35. The van der Waals surface area contributed by atoms with Gasteiger partial charge in [-0.2, -0.15) is 0 Å². The predicted octanol–water partition coefficient (Wildman–Crippen LogP) is 4.35. The molecule has 1 aliphatic carbocycles. The van der Waals surface area contributed by atoms with Crippen LogP contribution >= 0.6 is 11.3 Å². The van der Waals surface area contributed by atoms with Crippen LogP contribution in [0.25, 0.3) is 0 Å². The molecule has 0 aromatic carbocycles. The van der Waals surface area contributed by atoms with Crippen LogP contribution in [0.5, 0.6) is 0 Å². The number of ketones is 1. The van der Waals surface area contributed by atoms with Crippen LogP contribution in [-0.4, -0.2) is 29.0 Å². The number of aliphatic imine (C=N–C) groups is 1. The quantitative estimate of drug-likeness (QED) is 0.422. The van der Waals surface area contributed by atoms with Crippen molar-refractivity contribution in [3.63, 3.8) is 0 Å². The van der Waals surface area contributed by atoms with Gasteiger partial charge in [-0.3, -0.25) is 19.9 Å². The largest absolute Gasteiger partial charge is 0.463 e. The number of nitro groups is 1. The summed E-state index contributed by atoms with van der Waals surface area (Å²) in [5, 5.41) is 11.4. The summed E-state index contributed by atoms with van der Waals surface area (Å²) in [6, 6.07) is 1.49. The van der Waals surface area contributed by atoms with E-state index in [1.54, 1.807) is 20.8 Å². The highest BCUT2D eigenvalue weighted by molar-refractivity contribution is 7.12. The van der Waals surface area contributed by atoms with Gasteiger partial charge in [0.25, 0.3) is 5.69 Å². The fourth-order valence-electron chi connectivity index (χ4n) is 4.20. The Morgan fingerprint density at radius 3 is 2.61 bits per heavy atom. The second-order valence-electron chi connectivity index (χ2n) is 8.11. The third kappa shape index (κ3) is 3.53. The van der Waals surface area contributed by atoms with E-state index < -0.39 is 22.7 Å². The maximum atomic E-state index is 13.1. The van der Waals surface area contributed by atoms with Crippen molar-refractivity contribution in [3.05, 3.63) is 37.2 Å². The highest BCUT2D eigenvalue weighted by Crippen LogP contribution is 2.49. The van der Waals surface area contributed by atoms with Crippen molar-refractivity contribution < 1.29 is 19.2 Å². The zero-order valence-corrected chi connectivity index (χ0v) is 17.5. The van der Waals surface area contributed by atoms with E-state index in [-0.39, 0.29) is 23.5 Å². The van der Waals surface area contributed by atoms with Crippen molar-refractivity contribution >= 4 is 34.5 Å². The molecule has 0 N–H and O–H groups in total. The van der Waals surface area contributed by atoms with Crippen molar-refractivity contribution in [2.24, 2.45) is 16.3 Å². The Labute approximate surface area is 167 Å². The molecular formula is C20H24N2O5S. The molecule has 8 heteroatoms. The Morgan fingerprint density at radius 2 is 2.04 bits per heavy atom. The van der Waals surface area contributed by atoms with E-state index in [1.807, 2.05) is 13.8 Å². The summed E-state index contributed by atoms with van der Waals surface area (Å²) < 4.78 is 5.24. The van der Waals surface area contributed by atoms with Crippen LogP contribution in [0.4, 0.5) is 5.69 Å². The Kier molecular flexibility index (Phi) is 5.27. The SMILES string of the molecule is CCOC(=O)C1=C(C)N=C2CC(C)(C)CC(=O)[C@H]2[C@@H]1c1cc([N+](=O)[O-])c(C)s1. The summed E-state index contributed by atoms with van der Waals surface area (Å²) in [5.74, 6) is -1.66. The minimum absolute atomic E-state index is 0.00788. The normalized spacial score (nSPS) is 23.9. The Hall–Kier alpha value is -2.35. The monoisotopic (exact) mass is 404 g/mol. The molecule has 0 amide bonds. The molecule has 7 nitrogen and oxygen atoms in total. The number of hydrogen-bond donors (Lipinski definition) is 0. The molecular weight excluding hydrogens is 380 g/mol. The number of ether oxygens (including phenoxy) is 1. The first kappa shape index (κ1) is 20.4. The molecule has 0 unspecified atom stereocenters. The zero-order valence-electron chi connectivity index (χ0n) is 16.7. The molecule has 0 radical (unpaired) electrons. The van der Waals surface area contributed by atoms with Crippen LogP contribution in [-0.2, 0) is 14.3 Å². The number of aryl methyl sites for hydroxylation is 1. The van der Waals surface area contributed by atoms with E-state index >= 15 is 0 Å². The number of thiophene rings is 1.